The maximum absolute atomic E-state index is 12.4. The third-order valence-electron chi connectivity index (χ3n) is 4.55. The molecule has 3 aromatic rings. The molecule has 166 valence electrons. The summed E-state index contributed by atoms with van der Waals surface area (Å²) in [6.45, 7) is 2.23. The molecule has 0 saturated carbocycles. The van der Waals surface area contributed by atoms with E-state index in [-0.39, 0.29) is 5.91 Å². The fourth-order valence-corrected chi connectivity index (χ4v) is 3.21. The molecule has 0 aromatic heterocycles. The smallest absolute Gasteiger partial charge is 0.275 e. The number of hydrogen-bond donors (Lipinski definition) is 1. The molecule has 0 radical (unpaired) electrons. The molecule has 0 atom stereocenters. The third kappa shape index (κ3) is 5.93. The SMILES string of the molecule is COc1cc(C=NNC(=O)c2ccc(C)cc2OC)ccc1OCc1ccc(Cl)c(Cl)c1. The number of carbonyl (C=O) groups is 1. The van der Waals surface area contributed by atoms with Crippen LogP contribution >= 0.6 is 23.2 Å². The third-order valence-corrected chi connectivity index (χ3v) is 5.29. The van der Waals surface area contributed by atoms with E-state index in [1.165, 1.54) is 13.3 Å². The van der Waals surface area contributed by atoms with Gasteiger partial charge in [0.2, 0.25) is 0 Å². The van der Waals surface area contributed by atoms with E-state index in [2.05, 4.69) is 10.5 Å². The minimum atomic E-state index is -0.369. The van der Waals surface area contributed by atoms with Crippen LogP contribution in [0.3, 0.4) is 0 Å². The molecule has 0 aliphatic rings. The van der Waals surface area contributed by atoms with Crippen molar-refractivity contribution in [1.82, 2.24) is 5.43 Å². The van der Waals surface area contributed by atoms with Crippen LogP contribution in [-0.2, 0) is 6.61 Å². The van der Waals surface area contributed by atoms with Crippen molar-refractivity contribution in [1.29, 1.82) is 0 Å². The van der Waals surface area contributed by atoms with Crippen molar-refractivity contribution in [3.63, 3.8) is 0 Å². The van der Waals surface area contributed by atoms with Gasteiger partial charge in [0.1, 0.15) is 12.4 Å². The highest BCUT2D eigenvalue weighted by Gasteiger charge is 2.11. The summed E-state index contributed by atoms with van der Waals surface area (Å²) < 4.78 is 16.5. The summed E-state index contributed by atoms with van der Waals surface area (Å²) in [6, 6.07) is 16.0. The number of hydrogen-bond acceptors (Lipinski definition) is 5. The lowest BCUT2D eigenvalue weighted by Crippen LogP contribution is -2.18. The van der Waals surface area contributed by atoms with E-state index in [0.717, 1.165) is 16.7 Å². The second-order valence-electron chi connectivity index (χ2n) is 6.85. The van der Waals surface area contributed by atoms with Crippen LogP contribution in [0.5, 0.6) is 17.2 Å². The first-order valence-corrected chi connectivity index (χ1v) is 10.4. The molecule has 1 amide bonds. The normalized spacial score (nSPS) is 10.8. The van der Waals surface area contributed by atoms with Crippen LogP contribution in [0.4, 0.5) is 0 Å². The zero-order chi connectivity index (χ0) is 23.1. The highest BCUT2D eigenvalue weighted by atomic mass is 35.5. The van der Waals surface area contributed by atoms with Gasteiger partial charge >= 0.3 is 0 Å². The molecular weight excluding hydrogens is 451 g/mol. The Kier molecular flexibility index (Phi) is 7.98. The number of nitrogens with zero attached hydrogens (tertiary/aromatic N) is 1. The number of ether oxygens (including phenoxy) is 3. The van der Waals surface area contributed by atoms with Crippen molar-refractivity contribution in [2.24, 2.45) is 5.10 Å². The van der Waals surface area contributed by atoms with Crippen LogP contribution in [0.15, 0.2) is 59.7 Å². The van der Waals surface area contributed by atoms with E-state index in [1.807, 2.05) is 19.1 Å². The monoisotopic (exact) mass is 472 g/mol. The Morgan fingerprint density at radius 3 is 2.44 bits per heavy atom. The van der Waals surface area contributed by atoms with Gasteiger partial charge in [0.15, 0.2) is 11.5 Å². The second-order valence-corrected chi connectivity index (χ2v) is 7.66. The van der Waals surface area contributed by atoms with Crippen molar-refractivity contribution in [2.75, 3.05) is 14.2 Å². The average molecular weight is 473 g/mol. The molecule has 0 saturated heterocycles. The highest BCUT2D eigenvalue weighted by Crippen LogP contribution is 2.29. The average Bonchev–Trinajstić information content (AvgIpc) is 2.79. The minimum absolute atomic E-state index is 0.301. The number of nitrogens with one attached hydrogen (secondary N) is 1. The van der Waals surface area contributed by atoms with Gasteiger partial charge in [-0.1, -0.05) is 35.3 Å². The van der Waals surface area contributed by atoms with Crippen LogP contribution in [0, 0.1) is 6.92 Å². The lowest BCUT2D eigenvalue weighted by molar-refractivity contribution is 0.0952. The first-order chi connectivity index (χ1) is 15.4. The molecule has 1 N–H and O–H groups in total. The summed E-state index contributed by atoms with van der Waals surface area (Å²) >= 11 is 12.0. The summed E-state index contributed by atoms with van der Waals surface area (Å²) in [7, 11) is 3.07. The first kappa shape index (κ1) is 23.4. The van der Waals surface area contributed by atoms with Gasteiger partial charge in [-0.25, -0.2) is 5.43 Å². The summed E-state index contributed by atoms with van der Waals surface area (Å²) in [5, 5.41) is 4.99. The van der Waals surface area contributed by atoms with E-state index < -0.39 is 0 Å². The molecule has 0 fully saturated rings. The predicted molar refractivity (Wildman–Crippen MR) is 127 cm³/mol. The Hall–Kier alpha value is -3.22. The summed E-state index contributed by atoms with van der Waals surface area (Å²) in [6.07, 6.45) is 1.52. The summed E-state index contributed by atoms with van der Waals surface area (Å²) in [5.74, 6) is 1.21. The van der Waals surface area contributed by atoms with Crippen molar-refractivity contribution in [3.05, 3.63) is 86.9 Å². The largest absolute Gasteiger partial charge is 0.496 e. The number of amides is 1. The van der Waals surface area contributed by atoms with Crippen molar-refractivity contribution in [2.45, 2.75) is 13.5 Å². The van der Waals surface area contributed by atoms with E-state index >= 15 is 0 Å². The van der Waals surface area contributed by atoms with E-state index in [1.54, 1.807) is 49.6 Å². The van der Waals surface area contributed by atoms with Crippen molar-refractivity contribution < 1.29 is 19.0 Å². The van der Waals surface area contributed by atoms with E-state index in [0.29, 0.717) is 39.5 Å². The van der Waals surface area contributed by atoms with Gasteiger partial charge in [0.25, 0.3) is 5.91 Å². The van der Waals surface area contributed by atoms with Crippen LogP contribution < -0.4 is 19.6 Å². The molecule has 8 heteroatoms. The number of hydrazone groups is 1. The van der Waals surface area contributed by atoms with Crippen LogP contribution in [0.25, 0.3) is 0 Å². The van der Waals surface area contributed by atoms with Gasteiger partial charge in [-0.2, -0.15) is 5.10 Å². The van der Waals surface area contributed by atoms with Gasteiger partial charge < -0.3 is 14.2 Å². The van der Waals surface area contributed by atoms with Gasteiger partial charge in [-0.05, 0) is 66.1 Å². The van der Waals surface area contributed by atoms with E-state index in [9.17, 15) is 4.79 Å². The molecular formula is C24H22Cl2N2O4. The number of benzene rings is 3. The fourth-order valence-electron chi connectivity index (χ4n) is 2.89. The first-order valence-electron chi connectivity index (χ1n) is 9.64. The molecule has 0 heterocycles. The second kappa shape index (κ2) is 10.9. The Balaban J connectivity index is 1.65. The molecule has 0 bridgehead atoms. The topological polar surface area (TPSA) is 69.2 Å². The van der Waals surface area contributed by atoms with Crippen LogP contribution in [-0.4, -0.2) is 26.3 Å². The molecule has 0 spiro atoms. The maximum Gasteiger partial charge on any atom is 0.275 e. The zero-order valence-corrected chi connectivity index (χ0v) is 19.3. The van der Waals surface area contributed by atoms with Gasteiger partial charge in [-0.15, -0.1) is 0 Å². The molecule has 32 heavy (non-hydrogen) atoms. The van der Waals surface area contributed by atoms with Crippen LogP contribution in [0.2, 0.25) is 10.0 Å². The number of aryl methyl sites for hydroxylation is 1. The van der Waals surface area contributed by atoms with Crippen molar-refractivity contribution >= 4 is 35.3 Å². The zero-order valence-electron chi connectivity index (χ0n) is 17.8. The maximum atomic E-state index is 12.4. The van der Waals surface area contributed by atoms with Gasteiger partial charge in [0, 0.05) is 0 Å². The minimum Gasteiger partial charge on any atom is -0.496 e. The quantitative estimate of drug-likeness (QED) is 0.339. The Morgan fingerprint density at radius 2 is 1.72 bits per heavy atom. The number of carbonyl (C=O) groups excluding carboxylic acids is 1. The van der Waals surface area contributed by atoms with Gasteiger partial charge in [-0.3, -0.25) is 4.79 Å². The van der Waals surface area contributed by atoms with E-state index in [4.69, 9.17) is 37.4 Å². The lowest BCUT2D eigenvalue weighted by atomic mass is 10.1. The highest BCUT2D eigenvalue weighted by molar-refractivity contribution is 6.42. The van der Waals surface area contributed by atoms with Gasteiger partial charge in [0.05, 0.1) is 36.0 Å². The molecule has 0 unspecified atom stereocenters. The molecule has 0 aliphatic heterocycles. The molecule has 0 aliphatic carbocycles. The van der Waals surface area contributed by atoms with Crippen LogP contribution in [0.1, 0.15) is 27.0 Å². The lowest BCUT2D eigenvalue weighted by Gasteiger charge is -2.12. The summed E-state index contributed by atoms with van der Waals surface area (Å²) in [5.41, 5.74) is 5.50. The number of halogens is 2. The fraction of sp³-hybridized carbons (Fsp3) is 0.167. The van der Waals surface area contributed by atoms with Crippen molar-refractivity contribution in [3.8, 4) is 17.2 Å². The number of rotatable bonds is 8. The number of methoxy groups -OCH3 is 2. The molecule has 6 nitrogen and oxygen atoms in total. The Morgan fingerprint density at radius 1 is 0.938 bits per heavy atom. The summed E-state index contributed by atoms with van der Waals surface area (Å²) in [4.78, 5) is 12.4. The molecule has 3 aromatic carbocycles. The predicted octanol–water partition coefficient (Wildman–Crippen LogP) is 5.66. The standard InChI is InChI=1S/C24H22Cl2N2O4/c1-15-4-7-18(22(10-15)30-2)24(29)28-27-13-16-6-9-21(23(12-16)31-3)32-14-17-5-8-19(25)20(26)11-17/h4-13H,14H2,1-3H3,(H,28,29). The Labute approximate surface area is 196 Å². The molecule has 3 rings (SSSR count). The Bertz CT molecular complexity index is 1150.